The van der Waals surface area contributed by atoms with E-state index in [2.05, 4.69) is 5.32 Å². The predicted octanol–water partition coefficient (Wildman–Crippen LogP) is 0.248. The summed E-state index contributed by atoms with van der Waals surface area (Å²) in [5.74, 6) is -2.21. The maximum Gasteiger partial charge on any atom is 0.315 e. The van der Waals surface area contributed by atoms with Gasteiger partial charge in [-0.05, 0) is 20.3 Å². The molecule has 2 N–H and O–H groups in total. The van der Waals surface area contributed by atoms with Crippen LogP contribution in [0, 0.1) is 11.8 Å². The lowest BCUT2D eigenvalue weighted by molar-refractivity contribution is -0.146. The van der Waals surface area contributed by atoms with Gasteiger partial charge in [0.05, 0.1) is 6.10 Å². The molecule has 1 aliphatic heterocycles. The van der Waals surface area contributed by atoms with E-state index in [4.69, 9.17) is 9.84 Å². The lowest BCUT2D eigenvalue weighted by Crippen LogP contribution is -2.37. The highest BCUT2D eigenvalue weighted by molar-refractivity contribution is 5.96. The van der Waals surface area contributed by atoms with E-state index >= 15 is 0 Å². The van der Waals surface area contributed by atoms with E-state index in [0.29, 0.717) is 12.5 Å². The number of carboxylic acids is 1. The molecule has 0 spiro atoms. The molecule has 0 aliphatic carbocycles. The van der Waals surface area contributed by atoms with Gasteiger partial charge in [-0.1, -0.05) is 0 Å². The number of ether oxygens (including phenoxy) is 1. The van der Waals surface area contributed by atoms with Crippen molar-refractivity contribution in [2.45, 2.75) is 26.4 Å². The second kappa shape index (κ2) is 5.11. The van der Waals surface area contributed by atoms with Crippen molar-refractivity contribution >= 4 is 11.9 Å². The molecule has 5 nitrogen and oxygen atoms in total. The van der Waals surface area contributed by atoms with E-state index in [1.54, 1.807) is 0 Å². The third-order valence-corrected chi connectivity index (χ3v) is 2.84. The Hall–Kier alpha value is -1.10. The first kappa shape index (κ1) is 12.0. The quantitative estimate of drug-likeness (QED) is 0.659. The summed E-state index contributed by atoms with van der Waals surface area (Å²) >= 11 is 0. The molecule has 0 saturated carbocycles. The fraction of sp³-hybridized carbons (Fsp3) is 0.800. The summed E-state index contributed by atoms with van der Waals surface area (Å²) in [6.45, 7) is 4.56. The Morgan fingerprint density at radius 2 is 2.27 bits per heavy atom. The zero-order chi connectivity index (χ0) is 11.4. The van der Waals surface area contributed by atoms with Crippen molar-refractivity contribution in [1.29, 1.82) is 0 Å². The van der Waals surface area contributed by atoms with Gasteiger partial charge >= 0.3 is 5.97 Å². The number of carbonyl (C=O) groups excluding carboxylic acids is 1. The summed E-state index contributed by atoms with van der Waals surface area (Å²) in [7, 11) is 0. The van der Waals surface area contributed by atoms with Crippen LogP contribution in [-0.4, -0.2) is 36.2 Å². The molecule has 0 aromatic heterocycles. The fourth-order valence-electron chi connectivity index (χ4n) is 1.54. The van der Waals surface area contributed by atoms with Gasteiger partial charge in [0.1, 0.15) is 5.92 Å². The first-order chi connectivity index (χ1) is 7.02. The predicted molar refractivity (Wildman–Crippen MR) is 53.3 cm³/mol. The number of nitrogens with one attached hydrogen (secondary N) is 1. The minimum atomic E-state index is -1.09. The summed E-state index contributed by atoms with van der Waals surface area (Å²) in [6.07, 6.45) is 1.06. The molecule has 1 rings (SSSR count). The van der Waals surface area contributed by atoms with Gasteiger partial charge in [-0.15, -0.1) is 0 Å². The van der Waals surface area contributed by atoms with E-state index in [0.717, 1.165) is 13.0 Å². The summed E-state index contributed by atoms with van der Waals surface area (Å²) < 4.78 is 5.34. The van der Waals surface area contributed by atoms with Crippen molar-refractivity contribution in [2.24, 2.45) is 11.8 Å². The van der Waals surface area contributed by atoms with Crippen LogP contribution < -0.4 is 5.32 Å². The topological polar surface area (TPSA) is 75.6 Å². The van der Waals surface area contributed by atoms with Crippen LogP contribution in [0.5, 0.6) is 0 Å². The lowest BCUT2D eigenvalue weighted by Gasteiger charge is -2.15. The molecule has 0 bridgehead atoms. The summed E-state index contributed by atoms with van der Waals surface area (Å²) in [4.78, 5) is 21.8. The minimum absolute atomic E-state index is 0.144. The van der Waals surface area contributed by atoms with Crippen LogP contribution in [0.3, 0.4) is 0 Å². The molecule has 0 aromatic carbocycles. The van der Waals surface area contributed by atoms with Crippen LogP contribution in [0.4, 0.5) is 0 Å². The summed E-state index contributed by atoms with van der Waals surface area (Å²) in [5.41, 5.74) is 0. The molecule has 86 valence electrons. The molecule has 1 saturated heterocycles. The zero-order valence-corrected chi connectivity index (χ0v) is 9.03. The maximum absolute atomic E-state index is 11.3. The molecule has 5 heteroatoms. The van der Waals surface area contributed by atoms with Crippen LogP contribution in [0.2, 0.25) is 0 Å². The van der Waals surface area contributed by atoms with Crippen molar-refractivity contribution in [3.8, 4) is 0 Å². The Bertz CT molecular complexity index is 254. The monoisotopic (exact) mass is 215 g/mol. The van der Waals surface area contributed by atoms with Crippen LogP contribution in [-0.2, 0) is 14.3 Å². The smallest absolute Gasteiger partial charge is 0.315 e. The van der Waals surface area contributed by atoms with Gasteiger partial charge < -0.3 is 15.2 Å². The van der Waals surface area contributed by atoms with Gasteiger partial charge in [0.15, 0.2) is 0 Å². The van der Waals surface area contributed by atoms with Crippen molar-refractivity contribution in [3.05, 3.63) is 0 Å². The van der Waals surface area contributed by atoms with Crippen molar-refractivity contribution < 1.29 is 19.4 Å². The number of rotatable bonds is 4. The van der Waals surface area contributed by atoms with Crippen LogP contribution in [0.25, 0.3) is 0 Å². The van der Waals surface area contributed by atoms with Gasteiger partial charge in [0, 0.05) is 19.1 Å². The Labute approximate surface area is 88.8 Å². The average molecular weight is 215 g/mol. The maximum atomic E-state index is 11.3. The largest absolute Gasteiger partial charge is 0.481 e. The summed E-state index contributed by atoms with van der Waals surface area (Å²) in [6, 6.07) is 0. The molecular formula is C10H17NO4. The number of carboxylic acid groups (broad SMARTS) is 1. The second-order valence-electron chi connectivity index (χ2n) is 3.93. The van der Waals surface area contributed by atoms with Gasteiger partial charge in [0.2, 0.25) is 5.91 Å². The third kappa shape index (κ3) is 3.20. The van der Waals surface area contributed by atoms with E-state index in [9.17, 15) is 9.59 Å². The highest BCUT2D eigenvalue weighted by atomic mass is 16.5. The van der Waals surface area contributed by atoms with Crippen molar-refractivity contribution in [1.82, 2.24) is 5.32 Å². The number of hydrogen-bond donors (Lipinski definition) is 2. The van der Waals surface area contributed by atoms with Crippen molar-refractivity contribution in [2.75, 3.05) is 13.2 Å². The Morgan fingerprint density at radius 1 is 1.60 bits per heavy atom. The Balaban J connectivity index is 2.30. The molecule has 1 aliphatic rings. The highest BCUT2D eigenvalue weighted by Gasteiger charge is 2.26. The normalized spacial score (nSPS) is 27.3. The van der Waals surface area contributed by atoms with Crippen LogP contribution in [0.15, 0.2) is 0 Å². The number of aliphatic carboxylic acids is 1. The molecule has 3 atom stereocenters. The van der Waals surface area contributed by atoms with Crippen LogP contribution >= 0.6 is 0 Å². The highest BCUT2D eigenvalue weighted by Crippen LogP contribution is 2.19. The molecule has 1 heterocycles. The first-order valence-electron chi connectivity index (χ1n) is 5.14. The average Bonchev–Trinajstić information content (AvgIpc) is 2.59. The van der Waals surface area contributed by atoms with Gasteiger partial charge in [-0.3, -0.25) is 9.59 Å². The molecule has 0 radical (unpaired) electrons. The van der Waals surface area contributed by atoms with Gasteiger partial charge in [-0.25, -0.2) is 0 Å². The molecule has 0 aromatic rings. The van der Waals surface area contributed by atoms with E-state index in [1.807, 2.05) is 6.92 Å². The Kier molecular flexibility index (Phi) is 4.08. The zero-order valence-electron chi connectivity index (χ0n) is 9.03. The number of carbonyl (C=O) groups is 2. The number of hydrogen-bond acceptors (Lipinski definition) is 3. The van der Waals surface area contributed by atoms with E-state index in [1.165, 1.54) is 6.92 Å². The van der Waals surface area contributed by atoms with E-state index < -0.39 is 17.8 Å². The molecule has 15 heavy (non-hydrogen) atoms. The van der Waals surface area contributed by atoms with Gasteiger partial charge in [0.25, 0.3) is 0 Å². The molecule has 1 amide bonds. The molecular weight excluding hydrogens is 198 g/mol. The van der Waals surface area contributed by atoms with Crippen LogP contribution in [0.1, 0.15) is 20.3 Å². The van der Waals surface area contributed by atoms with Crippen molar-refractivity contribution in [3.63, 3.8) is 0 Å². The third-order valence-electron chi connectivity index (χ3n) is 2.84. The lowest BCUT2D eigenvalue weighted by atomic mass is 10.0. The SMILES string of the molecule is CC(C(=O)O)C(=O)NCC1CCOC1C. The summed E-state index contributed by atoms with van der Waals surface area (Å²) in [5, 5.41) is 11.2. The molecule has 1 fully saturated rings. The molecule has 3 unspecified atom stereocenters. The minimum Gasteiger partial charge on any atom is -0.481 e. The number of amides is 1. The van der Waals surface area contributed by atoms with E-state index in [-0.39, 0.29) is 6.10 Å². The second-order valence-corrected chi connectivity index (χ2v) is 3.93. The first-order valence-corrected chi connectivity index (χ1v) is 5.14. The fourth-order valence-corrected chi connectivity index (χ4v) is 1.54. The van der Waals surface area contributed by atoms with Gasteiger partial charge in [-0.2, -0.15) is 0 Å². The standard InChI is InChI=1S/C10H17NO4/c1-6(10(13)14)9(12)11-5-8-3-4-15-7(8)2/h6-8H,3-5H2,1-2H3,(H,11,12)(H,13,14). The Morgan fingerprint density at radius 3 is 2.73 bits per heavy atom.